The third kappa shape index (κ3) is 4.02. The number of carbonyl (C=O) groups excluding carboxylic acids is 1. The molecule has 0 unspecified atom stereocenters. The van der Waals surface area contributed by atoms with E-state index in [1.807, 2.05) is 36.4 Å². The summed E-state index contributed by atoms with van der Waals surface area (Å²) < 4.78 is 17.3. The molecule has 1 aromatic heterocycles. The summed E-state index contributed by atoms with van der Waals surface area (Å²) in [5, 5.41) is 6.84. The Morgan fingerprint density at radius 1 is 1.00 bits per heavy atom. The topological polar surface area (TPSA) is 73.1 Å². The number of carbonyl (C=O) groups is 1. The van der Waals surface area contributed by atoms with Gasteiger partial charge in [0.25, 0.3) is 5.91 Å². The van der Waals surface area contributed by atoms with Gasteiger partial charge in [0.15, 0.2) is 11.5 Å². The molecule has 6 nitrogen and oxygen atoms in total. The van der Waals surface area contributed by atoms with Crippen LogP contribution in [-0.4, -0.2) is 24.8 Å². The summed E-state index contributed by atoms with van der Waals surface area (Å²) in [6.07, 6.45) is 0.573. The highest BCUT2D eigenvalue weighted by atomic mass is 35.5. The number of nitrogens with zero attached hydrogens (tertiary/aromatic N) is 1. The highest BCUT2D eigenvalue weighted by Gasteiger charge is 2.27. The number of fused-ring (bicyclic) bond motifs is 2. The average Bonchev–Trinajstić information content (AvgIpc) is 3.27. The number of rotatable bonds is 4. The van der Waals surface area contributed by atoms with Gasteiger partial charge in [0, 0.05) is 5.56 Å². The van der Waals surface area contributed by atoms with Crippen LogP contribution in [0.2, 0.25) is 10.0 Å². The molecular weight excluding hydrogens is 451 g/mol. The molecule has 4 aromatic rings. The molecular formula is C24H16Cl2N2O4. The van der Waals surface area contributed by atoms with Crippen LogP contribution in [0, 0.1) is 0 Å². The normalized spacial score (nSPS) is 15.2. The standard InChI is InChI=1S/C24H16Cl2N2O4/c25-18-7-3-6-17(23(18)26)19-9-8-16(31-19)12-27-28-24(29)22-13-30-20-10-14-4-1-2-5-15(14)11-21(20)32-22/h1-12,22H,13H2,(H,28,29)/b27-12+/t22-/m0/s1. The molecule has 3 aromatic carbocycles. The van der Waals surface area contributed by atoms with Crippen LogP contribution in [0.15, 0.2) is 76.2 Å². The summed E-state index contributed by atoms with van der Waals surface area (Å²) in [7, 11) is 0. The number of hydrogen-bond acceptors (Lipinski definition) is 5. The van der Waals surface area contributed by atoms with Crippen molar-refractivity contribution in [2.45, 2.75) is 6.10 Å². The van der Waals surface area contributed by atoms with Crippen molar-refractivity contribution >= 4 is 46.1 Å². The summed E-state index contributed by atoms with van der Waals surface area (Å²) in [6.45, 7) is 0.0882. The Labute approximate surface area is 193 Å². The number of nitrogens with one attached hydrogen (secondary N) is 1. The van der Waals surface area contributed by atoms with Gasteiger partial charge < -0.3 is 13.9 Å². The lowest BCUT2D eigenvalue weighted by Gasteiger charge is -2.25. The molecule has 0 saturated heterocycles. The number of halogens is 2. The van der Waals surface area contributed by atoms with E-state index < -0.39 is 12.0 Å². The van der Waals surface area contributed by atoms with E-state index in [4.69, 9.17) is 37.1 Å². The van der Waals surface area contributed by atoms with E-state index in [9.17, 15) is 4.79 Å². The summed E-state index contributed by atoms with van der Waals surface area (Å²) >= 11 is 12.3. The summed E-state index contributed by atoms with van der Waals surface area (Å²) in [5.41, 5.74) is 3.13. The predicted molar refractivity (Wildman–Crippen MR) is 124 cm³/mol. The summed E-state index contributed by atoms with van der Waals surface area (Å²) in [5.74, 6) is 1.68. The van der Waals surface area contributed by atoms with Crippen molar-refractivity contribution in [3.8, 4) is 22.8 Å². The van der Waals surface area contributed by atoms with Gasteiger partial charge in [-0.05, 0) is 47.2 Å². The smallest absolute Gasteiger partial charge is 0.284 e. The second-order valence-electron chi connectivity index (χ2n) is 7.10. The molecule has 1 amide bonds. The average molecular weight is 467 g/mol. The fourth-order valence-electron chi connectivity index (χ4n) is 3.38. The molecule has 160 valence electrons. The van der Waals surface area contributed by atoms with Gasteiger partial charge in [0.2, 0.25) is 6.10 Å². The quantitative estimate of drug-likeness (QED) is 0.309. The molecule has 2 heterocycles. The third-order valence-corrected chi connectivity index (χ3v) is 5.79. The highest BCUT2D eigenvalue weighted by Crippen LogP contribution is 2.36. The Morgan fingerprint density at radius 3 is 2.59 bits per heavy atom. The van der Waals surface area contributed by atoms with Crippen molar-refractivity contribution in [3.63, 3.8) is 0 Å². The van der Waals surface area contributed by atoms with Crippen molar-refractivity contribution in [1.29, 1.82) is 0 Å². The Morgan fingerprint density at radius 2 is 1.78 bits per heavy atom. The van der Waals surface area contributed by atoms with Crippen LogP contribution < -0.4 is 14.9 Å². The van der Waals surface area contributed by atoms with E-state index in [1.165, 1.54) is 6.21 Å². The van der Waals surface area contributed by atoms with Gasteiger partial charge in [-0.25, -0.2) is 5.43 Å². The van der Waals surface area contributed by atoms with Crippen molar-refractivity contribution in [2.75, 3.05) is 6.61 Å². The van der Waals surface area contributed by atoms with E-state index in [-0.39, 0.29) is 6.61 Å². The van der Waals surface area contributed by atoms with Crippen LogP contribution >= 0.6 is 23.2 Å². The van der Waals surface area contributed by atoms with E-state index in [0.29, 0.717) is 38.6 Å². The van der Waals surface area contributed by atoms with Crippen molar-refractivity contribution in [1.82, 2.24) is 5.43 Å². The maximum atomic E-state index is 12.5. The summed E-state index contributed by atoms with van der Waals surface area (Å²) in [6, 6.07) is 20.4. The van der Waals surface area contributed by atoms with Gasteiger partial charge in [-0.15, -0.1) is 0 Å². The molecule has 0 bridgehead atoms. The zero-order valence-electron chi connectivity index (χ0n) is 16.5. The maximum Gasteiger partial charge on any atom is 0.284 e. The van der Waals surface area contributed by atoms with E-state index >= 15 is 0 Å². The third-order valence-electron chi connectivity index (χ3n) is 4.97. The minimum Gasteiger partial charge on any atom is -0.485 e. The van der Waals surface area contributed by atoms with Crippen molar-refractivity contribution in [3.05, 3.63) is 82.5 Å². The van der Waals surface area contributed by atoms with Gasteiger partial charge in [0.1, 0.15) is 18.1 Å². The first-order valence-electron chi connectivity index (χ1n) is 9.78. The molecule has 1 aliphatic rings. The van der Waals surface area contributed by atoms with Crippen molar-refractivity contribution < 1.29 is 18.7 Å². The van der Waals surface area contributed by atoms with E-state index in [1.54, 1.807) is 30.3 Å². The first-order chi connectivity index (χ1) is 15.6. The zero-order chi connectivity index (χ0) is 22.1. The van der Waals surface area contributed by atoms with E-state index in [0.717, 1.165) is 10.8 Å². The van der Waals surface area contributed by atoms with Gasteiger partial charge in [-0.1, -0.05) is 53.5 Å². The number of amides is 1. The lowest BCUT2D eigenvalue weighted by molar-refractivity contribution is -0.130. The van der Waals surface area contributed by atoms with Crippen LogP contribution in [0.1, 0.15) is 5.76 Å². The van der Waals surface area contributed by atoms with Crippen LogP contribution in [0.25, 0.3) is 22.1 Å². The SMILES string of the molecule is O=C(N/N=C/c1ccc(-c2cccc(Cl)c2Cl)o1)[C@@H]1COc2cc3ccccc3cc2O1. The molecule has 0 fully saturated rings. The first-order valence-corrected chi connectivity index (χ1v) is 10.5. The van der Waals surface area contributed by atoms with Gasteiger partial charge in [-0.2, -0.15) is 5.10 Å². The fraction of sp³-hybridized carbons (Fsp3) is 0.0833. The number of ether oxygens (including phenoxy) is 2. The zero-order valence-corrected chi connectivity index (χ0v) is 18.1. The van der Waals surface area contributed by atoms with Crippen LogP contribution in [-0.2, 0) is 4.79 Å². The monoisotopic (exact) mass is 466 g/mol. The fourth-order valence-corrected chi connectivity index (χ4v) is 3.77. The maximum absolute atomic E-state index is 12.5. The minimum atomic E-state index is -0.821. The Bertz CT molecular complexity index is 1350. The molecule has 0 radical (unpaired) electrons. The molecule has 1 atom stereocenters. The van der Waals surface area contributed by atoms with E-state index in [2.05, 4.69) is 10.5 Å². The molecule has 32 heavy (non-hydrogen) atoms. The van der Waals surface area contributed by atoms with Crippen LogP contribution in [0.4, 0.5) is 0 Å². The molecule has 0 spiro atoms. The van der Waals surface area contributed by atoms with Gasteiger partial charge >= 0.3 is 0 Å². The first kappa shape index (κ1) is 20.4. The van der Waals surface area contributed by atoms with Gasteiger partial charge in [-0.3, -0.25) is 4.79 Å². The lowest BCUT2D eigenvalue weighted by Crippen LogP contribution is -2.42. The molecule has 1 N–H and O–H groups in total. The highest BCUT2D eigenvalue weighted by molar-refractivity contribution is 6.43. The number of benzene rings is 3. The Kier molecular flexibility index (Phi) is 5.47. The number of furan rings is 1. The molecule has 5 rings (SSSR count). The predicted octanol–water partition coefficient (Wildman–Crippen LogP) is 5.70. The molecule has 1 aliphatic heterocycles. The molecule has 0 aliphatic carbocycles. The van der Waals surface area contributed by atoms with Crippen LogP contribution in [0.3, 0.4) is 0 Å². The van der Waals surface area contributed by atoms with Crippen LogP contribution in [0.5, 0.6) is 11.5 Å². The second-order valence-corrected chi connectivity index (χ2v) is 7.89. The minimum absolute atomic E-state index is 0.0882. The van der Waals surface area contributed by atoms with Crippen molar-refractivity contribution in [2.24, 2.45) is 5.10 Å². The summed E-state index contributed by atoms with van der Waals surface area (Å²) in [4.78, 5) is 12.5. The number of hydrogen-bond donors (Lipinski definition) is 1. The largest absolute Gasteiger partial charge is 0.485 e. The Balaban J connectivity index is 1.24. The van der Waals surface area contributed by atoms with Gasteiger partial charge in [0.05, 0.1) is 16.3 Å². The molecule has 8 heteroatoms. The Hall–Kier alpha value is -3.48. The second kappa shape index (κ2) is 8.57. The number of hydrazone groups is 1. The lowest BCUT2D eigenvalue weighted by atomic mass is 10.1. The molecule has 0 saturated carbocycles.